The second kappa shape index (κ2) is 7.94. The Morgan fingerprint density at radius 2 is 1.55 bits per heavy atom. The van der Waals surface area contributed by atoms with Gasteiger partial charge in [-0.25, -0.2) is 0 Å². The molecule has 0 spiro atoms. The fourth-order valence-corrected chi connectivity index (χ4v) is 4.04. The summed E-state index contributed by atoms with van der Waals surface area (Å²) in [4.78, 5) is 12.0. The fraction of sp³-hybridized carbons (Fsp3) is 0.179. The molecule has 4 rings (SSSR count). The Morgan fingerprint density at radius 1 is 0.931 bits per heavy atom. The third-order valence-corrected chi connectivity index (χ3v) is 5.64. The van der Waals surface area contributed by atoms with E-state index < -0.39 is 0 Å². The molecule has 142 valence electrons. The number of hydrogen-bond acceptors (Lipinski definition) is 1. The Labute approximate surface area is 173 Å². The molecule has 3 aromatic carbocycles. The average Bonchev–Trinajstić information content (AvgIpc) is 3.04. The molecule has 1 nitrogen and oxygen atoms in total. The van der Waals surface area contributed by atoms with Gasteiger partial charge in [0.05, 0.1) is 0 Å². The van der Waals surface area contributed by atoms with Gasteiger partial charge in [-0.1, -0.05) is 69.0 Å². The Bertz CT molecular complexity index is 1150. The van der Waals surface area contributed by atoms with Crippen molar-refractivity contribution in [1.29, 1.82) is 0 Å². The van der Waals surface area contributed by atoms with Crippen LogP contribution in [-0.4, -0.2) is 5.78 Å². The van der Waals surface area contributed by atoms with Gasteiger partial charge in [-0.05, 0) is 70.6 Å². The lowest BCUT2D eigenvalue weighted by Crippen LogP contribution is -1.96. The molecule has 1 aliphatic rings. The third-order valence-electron chi connectivity index (χ3n) is 5.64. The number of allylic oxidation sites excluding steroid dienone is 1. The zero-order valence-corrected chi connectivity index (χ0v) is 17.0. The van der Waals surface area contributed by atoms with Crippen LogP contribution in [0.4, 0.5) is 0 Å². The predicted octanol–water partition coefficient (Wildman–Crippen LogP) is 6.54. The topological polar surface area (TPSA) is 17.1 Å². The molecular formula is C28H24O. The highest BCUT2D eigenvalue weighted by molar-refractivity contribution is 6.05. The van der Waals surface area contributed by atoms with Crippen LogP contribution >= 0.6 is 0 Å². The van der Waals surface area contributed by atoms with Gasteiger partial charge in [0, 0.05) is 22.6 Å². The molecule has 0 aromatic heterocycles. The van der Waals surface area contributed by atoms with Gasteiger partial charge in [0.2, 0.25) is 0 Å². The van der Waals surface area contributed by atoms with Gasteiger partial charge in [0.25, 0.3) is 0 Å². The van der Waals surface area contributed by atoms with E-state index in [2.05, 4.69) is 80.8 Å². The van der Waals surface area contributed by atoms with Crippen molar-refractivity contribution >= 4 is 5.78 Å². The molecule has 0 aliphatic heterocycles. The maximum absolute atomic E-state index is 12.0. The summed E-state index contributed by atoms with van der Waals surface area (Å²) in [5.41, 5.74) is 9.02. The van der Waals surface area contributed by atoms with Gasteiger partial charge >= 0.3 is 0 Å². The number of fused-ring (bicyclic) bond motifs is 3. The van der Waals surface area contributed by atoms with Crippen molar-refractivity contribution in [2.45, 2.75) is 32.6 Å². The van der Waals surface area contributed by atoms with E-state index in [9.17, 15) is 4.79 Å². The largest absolute Gasteiger partial charge is 0.289 e. The van der Waals surface area contributed by atoms with E-state index in [0.29, 0.717) is 5.56 Å². The van der Waals surface area contributed by atoms with Crippen LogP contribution in [0.2, 0.25) is 0 Å². The predicted molar refractivity (Wildman–Crippen MR) is 120 cm³/mol. The zero-order chi connectivity index (χ0) is 20.4. The molecule has 0 saturated carbocycles. The summed E-state index contributed by atoms with van der Waals surface area (Å²) < 4.78 is 0. The quantitative estimate of drug-likeness (QED) is 0.287. The molecule has 0 N–H and O–H groups in total. The van der Waals surface area contributed by atoms with E-state index >= 15 is 0 Å². The molecule has 0 radical (unpaired) electrons. The maximum atomic E-state index is 12.0. The number of rotatable bonds is 4. The fourth-order valence-electron chi connectivity index (χ4n) is 4.04. The molecule has 1 aliphatic carbocycles. The summed E-state index contributed by atoms with van der Waals surface area (Å²) in [7, 11) is 0. The van der Waals surface area contributed by atoms with Crippen LogP contribution in [0.1, 0.15) is 64.4 Å². The molecule has 1 heteroatoms. The minimum Gasteiger partial charge on any atom is -0.289 e. The second-order valence-electron chi connectivity index (χ2n) is 7.59. The van der Waals surface area contributed by atoms with E-state index in [1.807, 2.05) is 12.1 Å². The van der Waals surface area contributed by atoms with Crippen molar-refractivity contribution in [2.75, 3.05) is 0 Å². The van der Waals surface area contributed by atoms with Crippen LogP contribution in [0.5, 0.6) is 0 Å². The molecule has 1 atom stereocenters. The summed E-state index contributed by atoms with van der Waals surface area (Å²) in [6, 6.07) is 20.9. The number of benzene rings is 3. The highest BCUT2D eigenvalue weighted by atomic mass is 16.1. The smallest absolute Gasteiger partial charge is 0.185 e. The molecule has 3 aromatic rings. The van der Waals surface area contributed by atoms with Crippen molar-refractivity contribution in [3.8, 4) is 23.0 Å². The lowest BCUT2D eigenvalue weighted by atomic mass is 9.96. The van der Waals surface area contributed by atoms with Crippen LogP contribution in [0.15, 0.2) is 73.3 Å². The zero-order valence-electron chi connectivity index (χ0n) is 17.0. The molecule has 0 heterocycles. The molecule has 0 saturated heterocycles. The first-order chi connectivity index (χ1) is 14.1. The molecule has 29 heavy (non-hydrogen) atoms. The number of hydrogen-bond donors (Lipinski definition) is 0. The first-order valence-corrected chi connectivity index (χ1v) is 10.2. The maximum Gasteiger partial charge on any atom is 0.185 e. The standard InChI is InChI=1S/C28H24O/c1-4-6-20-7-9-21(10-8-20)11-12-22-13-15-24-25-16-14-23(28(29)5-2)18-27(25)19(3)26(24)17-22/h5,7-10,13-19H,2,4,6H2,1,3H3. The summed E-state index contributed by atoms with van der Waals surface area (Å²) in [5, 5.41) is 0. The van der Waals surface area contributed by atoms with Gasteiger partial charge in [-0.15, -0.1) is 0 Å². The first kappa shape index (κ1) is 19.0. The number of ketones is 1. The van der Waals surface area contributed by atoms with Gasteiger partial charge in [0.1, 0.15) is 0 Å². The Hall–Kier alpha value is -3.37. The van der Waals surface area contributed by atoms with E-state index in [1.54, 1.807) is 0 Å². The number of carbonyl (C=O) groups is 1. The van der Waals surface area contributed by atoms with E-state index in [4.69, 9.17) is 0 Å². The molecule has 0 fully saturated rings. The number of carbonyl (C=O) groups excluding carboxylic acids is 1. The van der Waals surface area contributed by atoms with Crippen LogP contribution in [0.3, 0.4) is 0 Å². The van der Waals surface area contributed by atoms with Crippen molar-refractivity contribution in [1.82, 2.24) is 0 Å². The van der Waals surface area contributed by atoms with Gasteiger partial charge in [0.15, 0.2) is 5.78 Å². The summed E-state index contributed by atoms with van der Waals surface area (Å²) >= 11 is 0. The van der Waals surface area contributed by atoms with Crippen molar-refractivity contribution in [3.63, 3.8) is 0 Å². The Balaban J connectivity index is 1.62. The van der Waals surface area contributed by atoms with Crippen LogP contribution in [0.25, 0.3) is 11.1 Å². The second-order valence-corrected chi connectivity index (χ2v) is 7.59. The monoisotopic (exact) mass is 376 g/mol. The van der Waals surface area contributed by atoms with E-state index in [-0.39, 0.29) is 11.7 Å². The SMILES string of the molecule is C=CC(=O)c1ccc2c(c1)C(C)c1cc(C#Cc3ccc(CCC)cc3)ccc1-2. The Morgan fingerprint density at radius 3 is 2.24 bits per heavy atom. The third kappa shape index (κ3) is 3.67. The summed E-state index contributed by atoms with van der Waals surface area (Å²) in [5.74, 6) is 6.80. The van der Waals surface area contributed by atoms with E-state index in [1.165, 1.54) is 33.9 Å². The summed E-state index contributed by atoms with van der Waals surface area (Å²) in [6.45, 7) is 7.98. The lowest BCUT2D eigenvalue weighted by Gasteiger charge is -2.07. The minimum atomic E-state index is -0.0348. The van der Waals surface area contributed by atoms with Crippen molar-refractivity contribution in [3.05, 3.63) is 107 Å². The van der Waals surface area contributed by atoms with Crippen molar-refractivity contribution in [2.24, 2.45) is 0 Å². The van der Waals surface area contributed by atoms with Gasteiger partial charge < -0.3 is 0 Å². The van der Waals surface area contributed by atoms with Crippen LogP contribution in [0, 0.1) is 11.8 Å². The van der Waals surface area contributed by atoms with E-state index in [0.717, 1.165) is 24.0 Å². The molecule has 0 amide bonds. The highest BCUT2D eigenvalue weighted by Crippen LogP contribution is 2.45. The van der Waals surface area contributed by atoms with Gasteiger partial charge in [-0.3, -0.25) is 4.79 Å². The number of aryl methyl sites for hydroxylation is 1. The van der Waals surface area contributed by atoms with Crippen LogP contribution < -0.4 is 0 Å². The Kier molecular flexibility index (Phi) is 5.19. The summed E-state index contributed by atoms with van der Waals surface area (Å²) in [6.07, 6.45) is 3.64. The highest BCUT2D eigenvalue weighted by Gasteiger charge is 2.26. The van der Waals surface area contributed by atoms with Gasteiger partial charge in [-0.2, -0.15) is 0 Å². The average molecular weight is 376 g/mol. The van der Waals surface area contributed by atoms with Crippen LogP contribution in [-0.2, 0) is 6.42 Å². The normalized spacial score (nSPS) is 13.8. The minimum absolute atomic E-state index is 0.0348. The molecule has 1 unspecified atom stereocenters. The molecule has 0 bridgehead atoms. The first-order valence-electron chi connectivity index (χ1n) is 10.2. The van der Waals surface area contributed by atoms with Crippen molar-refractivity contribution < 1.29 is 4.79 Å². The molecular weight excluding hydrogens is 352 g/mol. The lowest BCUT2D eigenvalue weighted by molar-refractivity contribution is 0.104.